The highest BCUT2D eigenvalue weighted by molar-refractivity contribution is 7.77. The van der Waals surface area contributed by atoms with Crippen molar-refractivity contribution in [2.24, 2.45) is 0 Å². The Morgan fingerprint density at radius 1 is 1.27 bits per heavy atom. The largest absolute Gasteiger partial charge is 0.296 e. The van der Waals surface area contributed by atoms with Crippen molar-refractivity contribution in [3.05, 3.63) is 35.9 Å². The molecule has 0 N–H and O–H groups in total. The van der Waals surface area contributed by atoms with Crippen LogP contribution in [0.1, 0.15) is 12.5 Å². The maximum atomic E-state index is 4.43. The lowest BCUT2D eigenvalue weighted by molar-refractivity contribution is 0.147. The summed E-state index contributed by atoms with van der Waals surface area (Å²) in [5, 5.41) is 0. The molecule has 2 rings (SSSR count). The van der Waals surface area contributed by atoms with Gasteiger partial charge >= 0.3 is 0 Å². The lowest BCUT2D eigenvalue weighted by atomic mass is 10.1. The molecule has 1 aromatic rings. The average Bonchev–Trinajstić information content (AvgIpc) is 2.25. The standard InChI is InChI=1S/C12H18N2S/c1-11-9-13(7-8-14(11)15)10-12-5-3-2-4-6-12/h2-6,11,15H,7-10H2,1H3. The molecule has 1 aliphatic rings. The Bertz CT molecular complexity index is 302. The van der Waals surface area contributed by atoms with E-state index in [4.69, 9.17) is 0 Å². The summed E-state index contributed by atoms with van der Waals surface area (Å²) in [4.78, 5) is 2.49. The van der Waals surface area contributed by atoms with Crippen LogP contribution in [-0.4, -0.2) is 34.9 Å². The van der Waals surface area contributed by atoms with Gasteiger partial charge < -0.3 is 0 Å². The van der Waals surface area contributed by atoms with Crippen LogP contribution in [0.25, 0.3) is 0 Å². The van der Waals surface area contributed by atoms with Gasteiger partial charge in [-0.1, -0.05) is 43.1 Å². The molecule has 82 valence electrons. The van der Waals surface area contributed by atoms with E-state index in [-0.39, 0.29) is 0 Å². The van der Waals surface area contributed by atoms with Crippen molar-refractivity contribution in [3.63, 3.8) is 0 Å². The summed E-state index contributed by atoms with van der Waals surface area (Å²) < 4.78 is 2.13. The molecule has 1 aliphatic heterocycles. The second-order valence-corrected chi connectivity index (χ2v) is 4.75. The van der Waals surface area contributed by atoms with Crippen LogP contribution in [0.4, 0.5) is 0 Å². The van der Waals surface area contributed by atoms with Gasteiger partial charge in [-0.25, -0.2) is 4.31 Å². The van der Waals surface area contributed by atoms with E-state index in [0.29, 0.717) is 6.04 Å². The van der Waals surface area contributed by atoms with E-state index in [1.807, 2.05) is 0 Å². The molecule has 0 radical (unpaired) electrons. The molecule has 0 aromatic heterocycles. The van der Waals surface area contributed by atoms with Gasteiger partial charge in [0.2, 0.25) is 0 Å². The molecule has 1 fully saturated rings. The van der Waals surface area contributed by atoms with Crippen LogP contribution in [0.5, 0.6) is 0 Å². The first-order valence-electron chi connectivity index (χ1n) is 5.47. The Balaban J connectivity index is 1.91. The fourth-order valence-electron chi connectivity index (χ4n) is 2.01. The van der Waals surface area contributed by atoms with Crippen LogP contribution in [0.2, 0.25) is 0 Å². The SMILES string of the molecule is CC1CN(Cc2ccccc2)CCN1S. The predicted molar refractivity (Wildman–Crippen MR) is 66.9 cm³/mol. The van der Waals surface area contributed by atoms with E-state index >= 15 is 0 Å². The molecule has 0 spiro atoms. The van der Waals surface area contributed by atoms with Crippen LogP contribution in [0.15, 0.2) is 30.3 Å². The highest BCUT2D eigenvalue weighted by atomic mass is 32.1. The lowest BCUT2D eigenvalue weighted by Crippen LogP contribution is -2.47. The third kappa shape index (κ3) is 2.97. The first-order chi connectivity index (χ1) is 7.25. The van der Waals surface area contributed by atoms with Crippen molar-refractivity contribution in [1.29, 1.82) is 0 Å². The van der Waals surface area contributed by atoms with Gasteiger partial charge in [-0.2, -0.15) is 0 Å². The summed E-state index contributed by atoms with van der Waals surface area (Å²) in [7, 11) is 0. The number of thiol groups is 1. The van der Waals surface area contributed by atoms with Gasteiger partial charge in [0.05, 0.1) is 0 Å². The van der Waals surface area contributed by atoms with Gasteiger partial charge in [-0.05, 0) is 12.5 Å². The summed E-state index contributed by atoms with van der Waals surface area (Å²) in [5.74, 6) is 0. The van der Waals surface area contributed by atoms with Crippen LogP contribution < -0.4 is 0 Å². The van der Waals surface area contributed by atoms with Gasteiger partial charge in [-0.3, -0.25) is 4.90 Å². The van der Waals surface area contributed by atoms with Crippen LogP contribution in [0, 0.1) is 0 Å². The minimum Gasteiger partial charge on any atom is -0.296 e. The molecule has 15 heavy (non-hydrogen) atoms. The summed E-state index contributed by atoms with van der Waals surface area (Å²) in [6, 6.07) is 11.2. The zero-order valence-corrected chi connectivity index (χ0v) is 10.0. The van der Waals surface area contributed by atoms with Crippen molar-refractivity contribution < 1.29 is 0 Å². The molecule has 2 nitrogen and oxygen atoms in total. The Morgan fingerprint density at radius 2 is 2.00 bits per heavy atom. The van der Waals surface area contributed by atoms with Crippen molar-refractivity contribution >= 4 is 12.8 Å². The predicted octanol–water partition coefficient (Wildman–Crippen LogP) is 2.04. The fourth-order valence-corrected chi connectivity index (χ4v) is 2.17. The van der Waals surface area contributed by atoms with Crippen molar-refractivity contribution in [1.82, 2.24) is 9.21 Å². The summed E-state index contributed by atoms with van der Waals surface area (Å²) >= 11 is 4.43. The molecule has 0 aliphatic carbocycles. The third-order valence-electron chi connectivity index (χ3n) is 2.93. The minimum absolute atomic E-state index is 0.547. The third-order valence-corrected chi connectivity index (χ3v) is 3.52. The molecule has 1 saturated heterocycles. The van der Waals surface area contributed by atoms with Crippen LogP contribution >= 0.6 is 12.8 Å². The molecule has 0 saturated carbocycles. The molecular formula is C12H18N2S. The molecule has 0 bridgehead atoms. The average molecular weight is 222 g/mol. The minimum atomic E-state index is 0.547. The number of rotatable bonds is 2. The monoisotopic (exact) mass is 222 g/mol. The van der Waals surface area contributed by atoms with E-state index < -0.39 is 0 Å². The number of piperazine rings is 1. The van der Waals surface area contributed by atoms with E-state index in [1.54, 1.807) is 0 Å². The maximum absolute atomic E-state index is 4.43. The fraction of sp³-hybridized carbons (Fsp3) is 0.500. The van der Waals surface area contributed by atoms with Crippen molar-refractivity contribution in [2.45, 2.75) is 19.5 Å². The summed E-state index contributed by atoms with van der Waals surface area (Å²) in [6.07, 6.45) is 0. The molecule has 1 atom stereocenters. The van der Waals surface area contributed by atoms with Gasteiger partial charge in [-0.15, -0.1) is 0 Å². The van der Waals surface area contributed by atoms with Crippen LogP contribution in [0.3, 0.4) is 0 Å². The summed E-state index contributed by atoms with van der Waals surface area (Å²) in [5.41, 5.74) is 1.40. The molecule has 1 heterocycles. The lowest BCUT2D eigenvalue weighted by Gasteiger charge is -2.36. The second-order valence-electron chi connectivity index (χ2n) is 4.23. The number of hydrogen-bond donors (Lipinski definition) is 1. The maximum Gasteiger partial charge on any atom is 0.0300 e. The van der Waals surface area contributed by atoms with Gasteiger partial charge in [0.15, 0.2) is 0 Å². The normalized spacial score (nSPS) is 24.3. The highest BCUT2D eigenvalue weighted by Crippen LogP contribution is 2.13. The Labute approximate surface area is 97.4 Å². The highest BCUT2D eigenvalue weighted by Gasteiger charge is 2.20. The van der Waals surface area contributed by atoms with Gasteiger partial charge in [0.25, 0.3) is 0 Å². The first kappa shape index (κ1) is 11.0. The Hall–Kier alpha value is -0.510. The first-order valence-corrected chi connectivity index (χ1v) is 5.87. The van der Waals surface area contributed by atoms with Crippen molar-refractivity contribution in [2.75, 3.05) is 19.6 Å². The molecular weight excluding hydrogens is 204 g/mol. The molecule has 1 unspecified atom stereocenters. The smallest absolute Gasteiger partial charge is 0.0300 e. The Morgan fingerprint density at radius 3 is 2.67 bits per heavy atom. The zero-order valence-electron chi connectivity index (χ0n) is 9.13. The zero-order chi connectivity index (χ0) is 10.7. The van der Waals surface area contributed by atoms with E-state index in [2.05, 4.69) is 59.3 Å². The van der Waals surface area contributed by atoms with Crippen molar-refractivity contribution in [3.8, 4) is 0 Å². The van der Waals surface area contributed by atoms with E-state index in [0.717, 1.165) is 26.2 Å². The second kappa shape index (κ2) is 5.01. The molecule has 0 amide bonds. The topological polar surface area (TPSA) is 6.48 Å². The number of benzene rings is 1. The Kier molecular flexibility index (Phi) is 3.67. The van der Waals surface area contributed by atoms with Gasteiger partial charge in [0.1, 0.15) is 0 Å². The summed E-state index contributed by atoms with van der Waals surface area (Å²) in [6.45, 7) is 6.56. The number of nitrogens with zero attached hydrogens (tertiary/aromatic N) is 2. The van der Waals surface area contributed by atoms with Crippen LogP contribution in [-0.2, 0) is 6.54 Å². The molecule has 1 aromatic carbocycles. The van der Waals surface area contributed by atoms with E-state index in [9.17, 15) is 0 Å². The van der Waals surface area contributed by atoms with Gasteiger partial charge in [0, 0.05) is 32.2 Å². The number of hydrogen-bond acceptors (Lipinski definition) is 3. The van der Waals surface area contributed by atoms with E-state index in [1.165, 1.54) is 5.56 Å². The molecule has 3 heteroatoms. The quantitative estimate of drug-likeness (QED) is 0.765.